The second-order valence-corrected chi connectivity index (χ2v) is 3.53. The van der Waals surface area contributed by atoms with Crippen LogP contribution in [-0.4, -0.2) is 27.0 Å². The second kappa shape index (κ2) is 4.34. The molecule has 0 aliphatic carbocycles. The van der Waals surface area contributed by atoms with Crippen LogP contribution in [0.4, 0.5) is 5.82 Å². The van der Waals surface area contributed by atoms with Gasteiger partial charge < -0.3 is 15.9 Å². The van der Waals surface area contributed by atoms with Gasteiger partial charge in [-0.05, 0) is 11.1 Å². The third kappa shape index (κ3) is 2.05. The first-order valence-corrected chi connectivity index (χ1v) is 4.91. The van der Waals surface area contributed by atoms with Crippen LogP contribution in [0.5, 0.6) is 0 Å². The fourth-order valence-corrected chi connectivity index (χ4v) is 1.48. The molecular formula is C11H13N3O2. The molecule has 0 amide bonds. The molecule has 2 rings (SSSR count). The summed E-state index contributed by atoms with van der Waals surface area (Å²) in [5, 5.41) is 24.8. The molecule has 2 aromatic rings. The summed E-state index contributed by atoms with van der Waals surface area (Å²) in [6.45, 7) is -0.281. The van der Waals surface area contributed by atoms with Gasteiger partial charge in [0, 0.05) is 6.07 Å². The Morgan fingerprint density at radius 3 is 2.50 bits per heavy atom. The van der Waals surface area contributed by atoms with E-state index in [1.54, 1.807) is 18.2 Å². The van der Waals surface area contributed by atoms with Gasteiger partial charge in [-0.1, -0.05) is 24.3 Å². The van der Waals surface area contributed by atoms with E-state index in [0.29, 0.717) is 11.4 Å². The van der Waals surface area contributed by atoms with E-state index >= 15 is 0 Å². The van der Waals surface area contributed by atoms with Crippen molar-refractivity contribution < 1.29 is 10.2 Å². The molecule has 0 aliphatic heterocycles. The van der Waals surface area contributed by atoms with E-state index in [2.05, 4.69) is 10.2 Å². The topological polar surface area (TPSA) is 95.2 Å². The fraction of sp³-hybridized carbons (Fsp3) is 0.182. The van der Waals surface area contributed by atoms with Crippen LogP contribution in [0.15, 0.2) is 30.3 Å². The summed E-state index contributed by atoms with van der Waals surface area (Å²) in [6.07, 6.45) is -0.833. The molecule has 5 N–H and O–H groups in total. The van der Waals surface area contributed by atoms with E-state index in [1.165, 1.54) is 0 Å². The van der Waals surface area contributed by atoms with E-state index in [0.717, 1.165) is 11.3 Å². The molecule has 5 heteroatoms. The first kappa shape index (κ1) is 10.7. The normalized spacial score (nSPS) is 12.6. The molecule has 0 radical (unpaired) electrons. The Balaban J connectivity index is 2.25. The Labute approximate surface area is 92.5 Å². The summed E-state index contributed by atoms with van der Waals surface area (Å²) in [5.74, 6) is 0.439. The number of nitrogens with zero attached hydrogens (tertiary/aromatic N) is 1. The summed E-state index contributed by atoms with van der Waals surface area (Å²) >= 11 is 0. The van der Waals surface area contributed by atoms with Gasteiger partial charge in [0.05, 0.1) is 12.3 Å². The number of hydrogen-bond acceptors (Lipinski definition) is 4. The van der Waals surface area contributed by atoms with Crippen molar-refractivity contribution in [1.82, 2.24) is 10.2 Å². The molecule has 1 heterocycles. The van der Waals surface area contributed by atoms with Crippen LogP contribution in [0.3, 0.4) is 0 Å². The average Bonchev–Trinajstić information content (AvgIpc) is 2.75. The highest BCUT2D eigenvalue weighted by Gasteiger charge is 2.06. The molecule has 1 unspecified atom stereocenters. The number of aromatic nitrogens is 2. The quantitative estimate of drug-likeness (QED) is 0.610. The van der Waals surface area contributed by atoms with Crippen molar-refractivity contribution in [1.29, 1.82) is 0 Å². The molecule has 1 aromatic heterocycles. The molecule has 5 nitrogen and oxygen atoms in total. The predicted molar refractivity (Wildman–Crippen MR) is 60.5 cm³/mol. The molecule has 0 bridgehead atoms. The molecule has 0 aliphatic rings. The monoisotopic (exact) mass is 219 g/mol. The molecule has 1 aromatic carbocycles. The van der Waals surface area contributed by atoms with Crippen molar-refractivity contribution in [2.75, 3.05) is 12.3 Å². The van der Waals surface area contributed by atoms with Crippen molar-refractivity contribution in [2.45, 2.75) is 6.10 Å². The maximum absolute atomic E-state index is 9.40. The van der Waals surface area contributed by atoms with Crippen LogP contribution in [0.25, 0.3) is 11.3 Å². The highest BCUT2D eigenvalue weighted by Crippen LogP contribution is 2.21. The van der Waals surface area contributed by atoms with Crippen molar-refractivity contribution in [3.8, 4) is 11.3 Å². The van der Waals surface area contributed by atoms with Gasteiger partial charge >= 0.3 is 0 Å². The summed E-state index contributed by atoms with van der Waals surface area (Å²) < 4.78 is 0. The number of benzene rings is 1. The van der Waals surface area contributed by atoms with E-state index in [1.807, 2.05) is 12.1 Å². The van der Waals surface area contributed by atoms with Gasteiger partial charge in [0.1, 0.15) is 11.9 Å². The molecule has 0 spiro atoms. The van der Waals surface area contributed by atoms with Crippen molar-refractivity contribution in [3.05, 3.63) is 35.9 Å². The van der Waals surface area contributed by atoms with Gasteiger partial charge in [-0.2, -0.15) is 5.10 Å². The van der Waals surface area contributed by atoms with E-state index in [-0.39, 0.29) is 6.61 Å². The van der Waals surface area contributed by atoms with E-state index in [4.69, 9.17) is 10.8 Å². The molecule has 1 atom stereocenters. The number of aromatic amines is 1. The molecule has 84 valence electrons. The maximum Gasteiger partial charge on any atom is 0.145 e. The van der Waals surface area contributed by atoms with Crippen molar-refractivity contribution in [3.63, 3.8) is 0 Å². The number of aliphatic hydroxyl groups excluding tert-OH is 2. The molecule has 0 fully saturated rings. The van der Waals surface area contributed by atoms with Crippen molar-refractivity contribution in [2.24, 2.45) is 0 Å². The fourth-order valence-electron chi connectivity index (χ4n) is 1.48. The van der Waals surface area contributed by atoms with Gasteiger partial charge in [0.2, 0.25) is 0 Å². The Bertz CT molecular complexity index is 464. The zero-order valence-electron chi connectivity index (χ0n) is 8.59. The Morgan fingerprint density at radius 2 is 2.00 bits per heavy atom. The third-order valence-electron chi connectivity index (χ3n) is 2.38. The molecule has 16 heavy (non-hydrogen) atoms. The molecule has 0 saturated heterocycles. The highest BCUT2D eigenvalue weighted by molar-refractivity contribution is 5.62. The van der Waals surface area contributed by atoms with Crippen LogP contribution < -0.4 is 5.73 Å². The van der Waals surface area contributed by atoms with Crippen LogP contribution in [-0.2, 0) is 0 Å². The maximum atomic E-state index is 9.40. The van der Waals surface area contributed by atoms with Gasteiger partial charge in [-0.15, -0.1) is 0 Å². The zero-order chi connectivity index (χ0) is 11.5. The predicted octanol–water partition coefficient (Wildman–Crippen LogP) is 0.685. The lowest BCUT2D eigenvalue weighted by atomic mass is 10.1. The number of anilines is 1. The van der Waals surface area contributed by atoms with E-state index in [9.17, 15) is 5.11 Å². The van der Waals surface area contributed by atoms with Gasteiger partial charge in [-0.25, -0.2) is 0 Å². The van der Waals surface area contributed by atoms with Gasteiger partial charge in [0.25, 0.3) is 0 Å². The first-order valence-electron chi connectivity index (χ1n) is 4.91. The van der Waals surface area contributed by atoms with Crippen LogP contribution >= 0.6 is 0 Å². The Hall–Kier alpha value is -1.85. The minimum atomic E-state index is -0.833. The van der Waals surface area contributed by atoms with Crippen LogP contribution in [0.2, 0.25) is 0 Å². The summed E-state index contributed by atoms with van der Waals surface area (Å²) in [4.78, 5) is 0. The number of H-pyrrole nitrogens is 1. The van der Waals surface area contributed by atoms with Gasteiger partial charge in [0.15, 0.2) is 0 Å². The Morgan fingerprint density at radius 1 is 1.31 bits per heavy atom. The Kier molecular flexibility index (Phi) is 2.89. The lowest BCUT2D eigenvalue weighted by Gasteiger charge is -2.07. The summed E-state index contributed by atoms with van der Waals surface area (Å²) in [7, 11) is 0. The first-order chi connectivity index (χ1) is 7.70. The number of nitrogens with two attached hydrogens (primary N) is 1. The number of rotatable bonds is 3. The lowest BCUT2D eigenvalue weighted by molar-refractivity contribution is 0.0956. The number of nitrogens with one attached hydrogen (secondary N) is 1. The molecular weight excluding hydrogens is 206 g/mol. The number of aliphatic hydroxyl groups is 2. The summed E-state index contributed by atoms with van der Waals surface area (Å²) in [5.41, 5.74) is 7.93. The molecule has 0 saturated carbocycles. The minimum absolute atomic E-state index is 0.281. The minimum Gasteiger partial charge on any atom is -0.393 e. The van der Waals surface area contributed by atoms with Crippen LogP contribution in [0.1, 0.15) is 11.7 Å². The third-order valence-corrected chi connectivity index (χ3v) is 2.38. The average molecular weight is 219 g/mol. The summed E-state index contributed by atoms with van der Waals surface area (Å²) in [6, 6.07) is 8.92. The van der Waals surface area contributed by atoms with Crippen molar-refractivity contribution >= 4 is 5.82 Å². The highest BCUT2D eigenvalue weighted by atomic mass is 16.3. The second-order valence-electron chi connectivity index (χ2n) is 3.53. The number of hydrogen-bond donors (Lipinski definition) is 4. The van der Waals surface area contributed by atoms with E-state index < -0.39 is 6.10 Å². The van der Waals surface area contributed by atoms with Crippen LogP contribution in [0, 0.1) is 0 Å². The number of nitrogen functional groups attached to an aromatic ring is 1. The van der Waals surface area contributed by atoms with Gasteiger partial charge in [-0.3, -0.25) is 5.10 Å². The lowest BCUT2D eigenvalue weighted by Crippen LogP contribution is -2.01. The smallest absolute Gasteiger partial charge is 0.145 e. The standard InChI is InChI=1S/C11H13N3O2/c12-11-5-9(13-14-11)7-1-3-8(4-2-7)10(16)6-15/h1-5,10,15-16H,6H2,(H3,12,13,14). The zero-order valence-corrected chi connectivity index (χ0v) is 8.59. The SMILES string of the molecule is Nc1cc(-c2ccc(C(O)CO)cc2)[nH]n1. The largest absolute Gasteiger partial charge is 0.393 e.